The Balaban J connectivity index is 2.04. The molecule has 0 aliphatic carbocycles. The monoisotopic (exact) mass is 271 g/mol. The van der Waals surface area contributed by atoms with E-state index in [1.807, 2.05) is 23.7 Å². The summed E-state index contributed by atoms with van der Waals surface area (Å²) in [5.41, 5.74) is -0.160. The van der Waals surface area contributed by atoms with Gasteiger partial charge in [-0.05, 0) is 37.4 Å². The van der Waals surface area contributed by atoms with Crippen LogP contribution in [0.2, 0.25) is 0 Å². The van der Waals surface area contributed by atoms with Crippen molar-refractivity contribution in [2.24, 2.45) is 0 Å². The third-order valence-electron chi connectivity index (χ3n) is 3.15. The Bertz CT molecular complexity index is 447. The van der Waals surface area contributed by atoms with Gasteiger partial charge in [-0.25, -0.2) is 8.78 Å². The van der Waals surface area contributed by atoms with Gasteiger partial charge < -0.3 is 0 Å². The van der Waals surface area contributed by atoms with E-state index in [1.165, 1.54) is 0 Å². The third kappa shape index (κ3) is 3.09. The number of hydrogen-bond donors (Lipinski definition) is 0. The molecule has 1 aliphatic rings. The van der Waals surface area contributed by atoms with Crippen molar-refractivity contribution in [3.05, 3.63) is 35.4 Å². The molecule has 0 amide bonds. The summed E-state index contributed by atoms with van der Waals surface area (Å²) in [5.74, 6) is 0.480. The van der Waals surface area contributed by atoms with Crippen LogP contribution in [0.3, 0.4) is 0 Å². The Morgan fingerprint density at radius 2 is 2.28 bits per heavy atom. The Hall–Kier alpha value is -0.940. The summed E-state index contributed by atoms with van der Waals surface area (Å²) >= 11 is 1.85. The predicted molar refractivity (Wildman–Crippen MR) is 69.0 cm³/mol. The van der Waals surface area contributed by atoms with Crippen molar-refractivity contribution in [3.8, 4) is 0 Å². The van der Waals surface area contributed by atoms with E-state index in [1.54, 1.807) is 0 Å². The Labute approximate surface area is 109 Å². The Morgan fingerprint density at radius 3 is 2.94 bits per heavy atom. The number of nitrogens with zero attached hydrogens (tertiary/aromatic N) is 1. The highest BCUT2D eigenvalue weighted by Crippen LogP contribution is 2.21. The lowest BCUT2D eigenvalue weighted by Crippen LogP contribution is -2.36. The topological polar surface area (TPSA) is 20.3 Å². The first-order valence-corrected chi connectivity index (χ1v) is 6.99. The van der Waals surface area contributed by atoms with Crippen LogP contribution in [-0.4, -0.2) is 41.8 Å². The maximum atomic E-state index is 13.4. The fourth-order valence-electron chi connectivity index (χ4n) is 2.02. The van der Waals surface area contributed by atoms with Gasteiger partial charge in [-0.3, -0.25) is 9.69 Å². The molecule has 0 bridgehead atoms. The first kappa shape index (κ1) is 13.5. The van der Waals surface area contributed by atoms with Gasteiger partial charge >= 0.3 is 0 Å². The van der Waals surface area contributed by atoms with Crippen molar-refractivity contribution in [2.45, 2.75) is 12.5 Å². The summed E-state index contributed by atoms with van der Waals surface area (Å²) in [6.45, 7) is 0.131. The molecule has 1 aliphatic heterocycles. The van der Waals surface area contributed by atoms with Crippen LogP contribution in [0.25, 0.3) is 0 Å². The number of hydrogen-bond acceptors (Lipinski definition) is 3. The first-order chi connectivity index (χ1) is 8.58. The van der Waals surface area contributed by atoms with Gasteiger partial charge in [0.2, 0.25) is 0 Å². The van der Waals surface area contributed by atoms with Gasteiger partial charge in [0.15, 0.2) is 5.78 Å². The van der Waals surface area contributed by atoms with Crippen LogP contribution in [0, 0.1) is 11.6 Å². The number of thioether (sulfide) groups is 1. The lowest BCUT2D eigenvalue weighted by Gasteiger charge is -2.22. The second-order valence-electron chi connectivity index (χ2n) is 4.48. The molecule has 1 atom stereocenters. The van der Waals surface area contributed by atoms with Gasteiger partial charge in [0.25, 0.3) is 0 Å². The molecule has 5 heteroatoms. The number of benzene rings is 1. The molecule has 2 nitrogen and oxygen atoms in total. The van der Waals surface area contributed by atoms with Crippen LogP contribution < -0.4 is 0 Å². The smallest absolute Gasteiger partial charge is 0.179 e. The van der Waals surface area contributed by atoms with Gasteiger partial charge in [-0.1, -0.05) is 0 Å². The molecule has 1 heterocycles. The average molecular weight is 271 g/mol. The summed E-state index contributed by atoms with van der Waals surface area (Å²) in [6, 6.07) is 3.34. The molecular weight excluding hydrogens is 256 g/mol. The van der Waals surface area contributed by atoms with Crippen LogP contribution in [0.4, 0.5) is 8.78 Å². The van der Waals surface area contributed by atoms with E-state index in [0.717, 1.165) is 36.1 Å². The predicted octanol–water partition coefficient (Wildman–Crippen LogP) is 2.58. The van der Waals surface area contributed by atoms with E-state index >= 15 is 0 Å². The molecule has 0 saturated carbocycles. The molecule has 0 N–H and O–H groups in total. The fourth-order valence-corrected chi connectivity index (χ4v) is 3.32. The van der Waals surface area contributed by atoms with Crippen LogP contribution in [0.15, 0.2) is 18.2 Å². The molecule has 1 fully saturated rings. The van der Waals surface area contributed by atoms with Crippen molar-refractivity contribution < 1.29 is 13.6 Å². The maximum absolute atomic E-state index is 13.4. The van der Waals surface area contributed by atoms with Crippen molar-refractivity contribution in [3.63, 3.8) is 0 Å². The lowest BCUT2D eigenvalue weighted by atomic mass is 10.1. The van der Waals surface area contributed by atoms with Crippen molar-refractivity contribution >= 4 is 17.5 Å². The Morgan fingerprint density at radius 1 is 1.50 bits per heavy atom. The second-order valence-corrected chi connectivity index (χ2v) is 5.63. The molecule has 0 spiro atoms. The van der Waals surface area contributed by atoms with Gasteiger partial charge in [0.1, 0.15) is 11.6 Å². The zero-order valence-corrected chi connectivity index (χ0v) is 11.0. The van der Waals surface area contributed by atoms with Crippen molar-refractivity contribution in [1.29, 1.82) is 0 Å². The molecule has 1 saturated heterocycles. The van der Waals surface area contributed by atoms with Gasteiger partial charge in [0.05, 0.1) is 12.1 Å². The molecule has 18 heavy (non-hydrogen) atoms. The molecule has 2 rings (SSSR count). The minimum Gasteiger partial charge on any atom is -0.295 e. The summed E-state index contributed by atoms with van der Waals surface area (Å²) in [7, 11) is 1.85. The number of carbonyl (C=O) groups excluding carboxylic acids is 1. The molecular formula is C13H15F2NOS. The maximum Gasteiger partial charge on any atom is 0.179 e. The number of Topliss-reactive ketones (excluding diaryl/α,β-unsaturated/α-hetero) is 1. The molecule has 0 aromatic heterocycles. The Kier molecular flexibility index (Phi) is 4.35. The highest BCUT2D eigenvalue weighted by molar-refractivity contribution is 7.99. The van der Waals surface area contributed by atoms with Gasteiger partial charge in [-0.15, -0.1) is 0 Å². The van der Waals surface area contributed by atoms with Crippen LogP contribution >= 0.6 is 11.8 Å². The summed E-state index contributed by atoms with van der Waals surface area (Å²) in [4.78, 5) is 13.9. The number of rotatable bonds is 4. The molecule has 1 unspecified atom stereocenters. The first-order valence-electron chi connectivity index (χ1n) is 5.84. The molecule has 1 aromatic carbocycles. The summed E-state index contributed by atoms with van der Waals surface area (Å²) in [6.07, 6.45) is 1.04. The number of halogens is 2. The zero-order valence-electron chi connectivity index (χ0n) is 10.2. The number of carbonyl (C=O) groups is 1. The van der Waals surface area contributed by atoms with Gasteiger partial charge in [-0.2, -0.15) is 11.8 Å². The third-order valence-corrected chi connectivity index (χ3v) is 4.30. The van der Waals surface area contributed by atoms with Crippen molar-refractivity contribution in [2.75, 3.05) is 25.1 Å². The highest BCUT2D eigenvalue weighted by atomic mass is 32.2. The van der Waals surface area contributed by atoms with Crippen molar-refractivity contribution in [1.82, 2.24) is 4.90 Å². The van der Waals surface area contributed by atoms with E-state index < -0.39 is 11.6 Å². The highest BCUT2D eigenvalue weighted by Gasteiger charge is 2.23. The van der Waals surface area contributed by atoms with Crippen LogP contribution in [0.5, 0.6) is 0 Å². The minimum absolute atomic E-state index is 0.131. The van der Waals surface area contributed by atoms with E-state index in [2.05, 4.69) is 0 Å². The van der Waals surface area contributed by atoms with Crippen LogP contribution in [-0.2, 0) is 0 Å². The molecule has 98 valence electrons. The van der Waals surface area contributed by atoms with E-state index in [-0.39, 0.29) is 17.9 Å². The lowest BCUT2D eigenvalue weighted by molar-refractivity contribution is 0.0922. The molecule has 0 radical (unpaired) electrons. The SMILES string of the molecule is CN(CC(=O)c1cc(F)ccc1F)C1CCSC1. The van der Waals surface area contributed by atoms with Crippen LogP contribution in [0.1, 0.15) is 16.8 Å². The van der Waals surface area contributed by atoms with Gasteiger partial charge in [0, 0.05) is 11.8 Å². The standard InChI is InChI=1S/C13H15F2NOS/c1-16(10-4-5-18-8-10)7-13(17)11-6-9(14)2-3-12(11)15/h2-3,6,10H,4-5,7-8H2,1H3. The number of likely N-dealkylation sites (N-methyl/N-ethyl adjacent to an activating group) is 1. The normalized spacial score (nSPS) is 19.4. The number of ketones is 1. The summed E-state index contributed by atoms with van der Waals surface area (Å²) in [5, 5.41) is 0. The quantitative estimate of drug-likeness (QED) is 0.785. The van der Waals surface area contributed by atoms with E-state index in [0.29, 0.717) is 6.04 Å². The minimum atomic E-state index is -0.657. The largest absolute Gasteiger partial charge is 0.295 e. The van der Waals surface area contributed by atoms with E-state index in [4.69, 9.17) is 0 Å². The average Bonchev–Trinajstić information content (AvgIpc) is 2.85. The zero-order chi connectivity index (χ0) is 13.1. The summed E-state index contributed by atoms with van der Waals surface area (Å²) < 4.78 is 26.4. The fraction of sp³-hybridized carbons (Fsp3) is 0.462. The molecule has 1 aromatic rings. The van der Waals surface area contributed by atoms with E-state index in [9.17, 15) is 13.6 Å². The second kappa shape index (κ2) is 5.80.